The summed E-state index contributed by atoms with van der Waals surface area (Å²) >= 11 is 6.46. The zero-order valence-corrected chi connectivity index (χ0v) is 19.0. The van der Waals surface area contributed by atoms with Gasteiger partial charge >= 0.3 is 0 Å². The van der Waals surface area contributed by atoms with Crippen molar-refractivity contribution in [2.75, 3.05) is 20.1 Å². The summed E-state index contributed by atoms with van der Waals surface area (Å²) in [6.45, 7) is 2.68. The molecular weight excluding hydrogens is 427 g/mol. The third-order valence-corrected chi connectivity index (χ3v) is 6.80. The number of benzene rings is 2. The van der Waals surface area contributed by atoms with Crippen LogP contribution < -0.4 is 0 Å². The summed E-state index contributed by atoms with van der Waals surface area (Å²) in [6, 6.07) is 18.0. The molecule has 1 saturated heterocycles. The van der Waals surface area contributed by atoms with Gasteiger partial charge in [-0.25, -0.2) is 4.39 Å². The monoisotopic (exact) mass is 454 g/mol. The van der Waals surface area contributed by atoms with E-state index in [0.29, 0.717) is 18.1 Å². The number of amides is 1. The maximum atomic E-state index is 13.2. The van der Waals surface area contributed by atoms with Crippen LogP contribution in [0.4, 0.5) is 4.39 Å². The molecule has 4 nitrogen and oxygen atoms in total. The van der Waals surface area contributed by atoms with Crippen LogP contribution in [-0.4, -0.2) is 41.9 Å². The van der Waals surface area contributed by atoms with E-state index in [1.807, 2.05) is 48.3 Å². The van der Waals surface area contributed by atoms with Crippen molar-refractivity contribution < 1.29 is 13.6 Å². The van der Waals surface area contributed by atoms with Crippen LogP contribution in [0.3, 0.4) is 0 Å². The molecule has 1 fully saturated rings. The Morgan fingerprint density at radius 2 is 1.84 bits per heavy atom. The lowest BCUT2D eigenvalue weighted by molar-refractivity contribution is 0.0556. The highest BCUT2D eigenvalue weighted by Gasteiger charge is 2.33. The van der Waals surface area contributed by atoms with Crippen LogP contribution in [0.25, 0.3) is 0 Å². The molecule has 1 aliphatic rings. The molecular formula is C26H28ClFN2O2. The lowest BCUT2D eigenvalue weighted by atomic mass is 9.84. The van der Waals surface area contributed by atoms with Crippen LogP contribution in [0, 0.1) is 11.7 Å². The summed E-state index contributed by atoms with van der Waals surface area (Å²) in [5.74, 6) is 0.380. The Bertz CT molecular complexity index is 1010. The Morgan fingerprint density at radius 3 is 2.50 bits per heavy atom. The lowest BCUT2D eigenvalue weighted by Gasteiger charge is -2.40. The van der Waals surface area contributed by atoms with Gasteiger partial charge in [0.1, 0.15) is 5.82 Å². The van der Waals surface area contributed by atoms with E-state index in [4.69, 9.17) is 16.0 Å². The average Bonchev–Trinajstić information content (AvgIpc) is 3.35. The number of likely N-dealkylation sites (N-methyl/N-ethyl adjacent to an activating group) is 1. The smallest absolute Gasteiger partial charge is 0.289 e. The number of rotatable bonds is 7. The van der Waals surface area contributed by atoms with Gasteiger partial charge in [-0.15, -0.1) is 0 Å². The van der Waals surface area contributed by atoms with E-state index in [1.54, 1.807) is 12.1 Å². The van der Waals surface area contributed by atoms with Crippen molar-refractivity contribution in [3.05, 3.63) is 94.7 Å². The van der Waals surface area contributed by atoms with Crippen LogP contribution in [0.5, 0.6) is 0 Å². The molecule has 3 aromatic rings. The van der Waals surface area contributed by atoms with Gasteiger partial charge in [0.2, 0.25) is 0 Å². The Balaban J connectivity index is 1.46. The SMILES string of the molecule is CN(C(=O)c1ccco1)C(Cc1ccccc1Cl)C1CCN(Cc2ccc(F)cc2)CC1. The molecule has 1 aromatic heterocycles. The summed E-state index contributed by atoms with van der Waals surface area (Å²) in [4.78, 5) is 17.3. The highest BCUT2D eigenvalue weighted by molar-refractivity contribution is 6.31. The van der Waals surface area contributed by atoms with Crippen molar-refractivity contribution in [2.24, 2.45) is 5.92 Å². The molecule has 0 aliphatic carbocycles. The minimum absolute atomic E-state index is 0.0143. The Morgan fingerprint density at radius 1 is 1.12 bits per heavy atom. The molecule has 168 valence electrons. The lowest BCUT2D eigenvalue weighted by Crippen LogP contribution is -2.47. The summed E-state index contributed by atoms with van der Waals surface area (Å²) in [7, 11) is 1.86. The molecule has 0 saturated carbocycles. The molecule has 2 aromatic carbocycles. The second-order valence-electron chi connectivity index (χ2n) is 8.50. The van der Waals surface area contributed by atoms with Gasteiger partial charge in [-0.2, -0.15) is 0 Å². The zero-order chi connectivity index (χ0) is 22.5. The largest absolute Gasteiger partial charge is 0.459 e. The standard InChI is InChI=1S/C26H28ClFN2O2/c1-29(26(31)25-7-4-16-32-25)24(17-21-5-2-3-6-23(21)27)20-12-14-30(15-13-20)18-19-8-10-22(28)11-9-19/h2-11,16,20,24H,12-15,17-18H2,1H3. The van der Waals surface area contributed by atoms with Gasteiger partial charge in [0, 0.05) is 24.7 Å². The van der Waals surface area contributed by atoms with Crippen molar-refractivity contribution in [3.8, 4) is 0 Å². The van der Waals surface area contributed by atoms with Gasteiger partial charge in [0.15, 0.2) is 5.76 Å². The van der Waals surface area contributed by atoms with Gasteiger partial charge < -0.3 is 9.32 Å². The van der Waals surface area contributed by atoms with Gasteiger partial charge in [-0.3, -0.25) is 9.69 Å². The van der Waals surface area contributed by atoms with Gasteiger partial charge in [0.25, 0.3) is 5.91 Å². The molecule has 2 heterocycles. The van der Waals surface area contributed by atoms with Gasteiger partial charge in [0.05, 0.1) is 6.26 Å². The second kappa shape index (κ2) is 10.3. The van der Waals surface area contributed by atoms with E-state index in [2.05, 4.69) is 4.90 Å². The van der Waals surface area contributed by atoms with E-state index in [-0.39, 0.29) is 17.8 Å². The molecule has 1 atom stereocenters. The number of carbonyl (C=O) groups excluding carboxylic acids is 1. The Labute approximate surface area is 193 Å². The van der Waals surface area contributed by atoms with Crippen LogP contribution in [0.2, 0.25) is 5.02 Å². The van der Waals surface area contributed by atoms with Crippen molar-refractivity contribution in [3.63, 3.8) is 0 Å². The Hall–Kier alpha value is -2.63. The summed E-state index contributed by atoms with van der Waals surface area (Å²) in [5.41, 5.74) is 2.16. The van der Waals surface area contributed by atoms with Crippen molar-refractivity contribution in [1.82, 2.24) is 9.80 Å². The Kier molecular flexibility index (Phi) is 7.28. The van der Waals surface area contributed by atoms with Crippen molar-refractivity contribution in [1.29, 1.82) is 0 Å². The fraction of sp³-hybridized carbons (Fsp3) is 0.346. The number of carbonyl (C=O) groups is 1. The minimum Gasteiger partial charge on any atom is -0.459 e. The number of furan rings is 1. The first-order valence-electron chi connectivity index (χ1n) is 11.0. The number of hydrogen-bond donors (Lipinski definition) is 0. The van der Waals surface area contributed by atoms with Gasteiger partial charge in [-0.05, 0) is 79.7 Å². The molecule has 32 heavy (non-hydrogen) atoms. The van der Waals surface area contributed by atoms with Crippen molar-refractivity contribution >= 4 is 17.5 Å². The summed E-state index contributed by atoms with van der Waals surface area (Å²) in [6.07, 6.45) is 4.18. The van der Waals surface area contributed by atoms with E-state index in [9.17, 15) is 9.18 Å². The van der Waals surface area contributed by atoms with E-state index < -0.39 is 0 Å². The molecule has 0 spiro atoms. The maximum absolute atomic E-state index is 13.2. The normalized spacial score (nSPS) is 16.1. The average molecular weight is 455 g/mol. The minimum atomic E-state index is -0.209. The molecule has 1 amide bonds. The van der Waals surface area contributed by atoms with E-state index in [1.165, 1.54) is 18.4 Å². The number of likely N-dealkylation sites (tertiary alicyclic amines) is 1. The van der Waals surface area contributed by atoms with Crippen molar-refractivity contribution in [2.45, 2.75) is 31.8 Å². The first-order valence-corrected chi connectivity index (χ1v) is 11.4. The first kappa shape index (κ1) is 22.6. The topological polar surface area (TPSA) is 36.7 Å². The zero-order valence-electron chi connectivity index (χ0n) is 18.2. The second-order valence-corrected chi connectivity index (χ2v) is 8.90. The molecule has 4 rings (SSSR count). The maximum Gasteiger partial charge on any atom is 0.289 e. The summed E-state index contributed by atoms with van der Waals surface area (Å²) in [5, 5.41) is 0.727. The number of piperidine rings is 1. The third-order valence-electron chi connectivity index (χ3n) is 6.43. The van der Waals surface area contributed by atoms with Gasteiger partial charge in [-0.1, -0.05) is 41.9 Å². The first-order chi connectivity index (χ1) is 15.5. The van der Waals surface area contributed by atoms with Crippen LogP contribution in [0.1, 0.15) is 34.5 Å². The predicted octanol–water partition coefficient (Wildman–Crippen LogP) is 5.67. The molecule has 1 aliphatic heterocycles. The molecule has 6 heteroatoms. The van der Waals surface area contributed by atoms with Crippen LogP contribution in [0.15, 0.2) is 71.3 Å². The number of halogens is 2. The highest BCUT2D eigenvalue weighted by Crippen LogP contribution is 2.30. The molecule has 0 radical (unpaired) electrons. The summed E-state index contributed by atoms with van der Waals surface area (Å²) < 4.78 is 18.6. The third kappa shape index (κ3) is 5.40. The van der Waals surface area contributed by atoms with Crippen LogP contribution in [-0.2, 0) is 13.0 Å². The van der Waals surface area contributed by atoms with Crippen LogP contribution >= 0.6 is 11.6 Å². The molecule has 0 N–H and O–H groups in total. The molecule has 1 unspecified atom stereocenters. The fourth-order valence-corrected chi connectivity index (χ4v) is 4.79. The van der Waals surface area contributed by atoms with E-state index in [0.717, 1.165) is 48.6 Å². The highest BCUT2D eigenvalue weighted by atomic mass is 35.5. The van der Waals surface area contributed by atoms with E-state index >= 15 is 0 Å². The fourth-order valence-electron chi connectivity index (χ4n) is 4.58. The number of nitrogens with zero attached hydrogens (tertiary/aromatic N) is 2. The predicted molar refractivity (Wildman–Crippen MR) is 124 cm³/mol. The molecule has 0 bridgehead atoms. The quantitative estimate of drug-likeness (QED) is 0.461. The number of hydrogen-bond acceptors (Lipinski definition) is 3.